The van der Waals surface area contributed by atoms with Crippen molar-refractivity contribution in [1.29, 1.82) is 0 Å². The van der Waals surface area contributed by atoms with Crippen LogP contribution in [0.5, 0.6) is 5.75 Å². The Labute approximate surface area is 191 Å². The zero-order valence-corrected chi connectivity index (χ0v) is 18.2. The number of aromatic hydroxyl groups is 1. The number of nitrogens with one attached hydrogen (secondary N) is 2. The second kappa shape index (κ2) is 8.01. The zero-order valence-electron chi connectivity index (χ0n) is 18.2. The SMILES string of the molecule is O=C(c1c(C2CC2c2ccccc2)c(-c2ccc(O)cc2)nc2[nH]ncc12)N1CCNCC1. The highest BCUT2D eigenvalue weighted by Gasteiger charge is 2.44. The highest BCUT2D eigenvalue weighted by atomic mass is 16.3. The van der Waals surface area contributed by atoms with Crippen molar-refractivity contribution in [3.05, 3.63) is 77.5 Å². The van der Waals surface area contributed by atoms with E-state index in [0.29, 0.717) is 30.2 Å². The van der Waals surface area contributed by atoms with Crippen molar-refractivity contribution in [1.82, 2.24) is 25.4 Å². The standard InChI is InChI=1S/C26H25N5O2/c32-18-8-6-17(7-9-18)24-22(20-14-19(20)16-4-2-1-3-5-16)23(21-15-28-30-25(21)29-24)26(33)31-12-10-27-11-13-31/h1-9,15,19-20,27,32H,10-14H2,(H,28,29,30). The molecule has 4 aromatic rings. The van der Waals surface area contributed by atoms with Gasteiger partial charge in [0.2, 0.25) is 0 Å². The van der Waals surface area contributed by atoms with Crippen LogP contribution in [0.25, 0.3) is 22.3 Å². The van der Waals surface area contributed by atoms with E-state index in [-0.39, 0.29) is 17.6 Å². The fraction of sp³-hybridized carbons (Fsp3) is 0.269. The number of benzene rings is 2. The molecule has 2 unspecified atom stereocenters. The Morgan fingerprint density at radius 1 is 1.00 bits per heavy atom. The summed E-state index contributed by atoms with van der Waals surface area (Å²) in [4.78, 5) is 20.8. The van der Waals surface area contributed by atoms with E-state index in [1.54, 1.807) is 18.3 Å². The number of H-pyrrole nitrogens is 1. The average molecular weight is 440 g/mol. The summed E-state index contributed by atoms with van der Waals surface area (Å²) >= 11 is 0. The molecule has 0 bridgehead atoms. The van der Waals surface area contributed by atoms with Crippen LogP contribution in [-0.4, -0.2) is 57.3 Å². The Bertz CT molecular complexity index is 1310. The van der Waals surface area contributed by atoms with Crippen LogP contribution in [0.15, 0.2) is 60.8 Å². The number of aromatic amines is 1. The summed E-state index contributed by atoms with van der Waals surface area (Å²) in [6, 6.07) is 17.5. The lowest BCUT2D eigenvalue weighted by atomic mass is 9.92. The number of phenols is 1. The Balaban J connectivity index is 1.55. The summed E-state index contributed by atoms with van der Waals surface area (Å²) in [5.74, 6) is 0.792. The molecular weight excluding hydrogens is 414 g/mol. The third-order valence-electron chi connectivity index (χ3n) is 6.78. The number of pyridine rings is 1. The third kappa shape index (κ3) is 3.54. The van der Waals surface area contributed by atoms with Crippen LogP contribution < -0.4 is 5.32 Å². The average Bonchev–Trinajstić information content (AvgIpc) is 3.52. The van der Waals surface area contributed by atoms with Gasteiger partial charge in [0.1, 0.15) is 5.75 Å². The van der Waals surface area contributed by atoms with Gasteiger partial charge in [-0.1, -0.05) is 30.3 Å². The maximum Gasteiger partial charge on any atom is 0.255 e. The van der Waals surface area contributed by atoms with Crippen molar-refractivity contribution in [2.75, 3.05) is 26.2 Å². The van der Waals surface area contributed by atoms with Crippen molar-refractivity contribution >= 4 is 16.9 Å². The van der Waals surface area contributed by atoms with Crippen molar-refractivity contribution in [2.45, 2.75) is 18.3 Å². The lowest BCUT2D eigenvalue weighted by Gasteiger charge is -2.29. The lowest BCUT2D eigenvalue weighted by molar-refractivity contribution is 0.0736. The largest absolute Gasteiger partial charge is 0.508 e. The first-order valence-corrected chi connectivity index (χ1v) is 11.4. The molecule has 33 heavy (non-hydrogen) atoms. The van der Waals surface area contributed by atoms with E-state index < -0.39 is 0 Å². The maximum atomic E-state index is 13.9. The van der Waals surface area contributed by atoms with Crippen LogP contribution in [0.1, 0.15) is 39.7 Å². The molecule has 0 radical (unpaired) electrons. The van der Waals surface area contributed by atoms with Gasteiger partial charge in [0.15, 0.2) is 5.65 Å². The van der Waals surface area contributed by atoms with Crippen LogP contribution in [0.4, 0.5) is 0 Å². The van der Waals surface area contributed by atoms with E-state index in [4.69, 9.17) is 4.98 Å². The number of carbonyl (C=O) groups excluding carboxylic acids is 1. The fourth-order valence-electron chi connectivity index (χ4n) is 5.02. The van der Waals surface area contributed by atoms with E-state index in [1.807, 2.05) is 23.1 Å². The van der Waals surface area contributed by atoms with Gasteiger partial charge in [0.05, 0.1) is 22.8 Å². The van der Waals surface area contributed by atoms with E-state index in [1.165, 1.54) is 5.56 Å². The predicted molar refractivity (Wildman–Crippen MR) is 126 cm³/mol. The molecule has 166 valence electrons. The first-order valence-electron chi connectivity index (χ1n) is 11.4. The number of hydrogen-bond donors (Lipinski definition) is 3. The summed E-state index contributed by atoms with van der Waals surface area (Å²) in [5.41, 5.74) is 5.26. The Kier molecular flexibility index (Phi) is 4.84. The molecule has 7 heteroatoms. The summed E-state index contributed by atoms with van der Waals surface area (Å²) in [6.45, 7) is 2.95. The second-order valence-electron chi connectivity index (χ2n) is 8.83. The minimum absolute atomic E-state index is 0.0408. The molecule has 2 fully saturated rings. The summed E-state index contributed by atoms with van der Waals surface area (Å²) < 4.78 is 0. The number of fused-ring (bicyclic) bond motifs is 1. The van der Waals surface area contributed by atoms with Gasteiger partial charge in [-0.25, -0.2) is 4.98 Å². The number of piperazine rings is 1. The predicted octanol–water partition coefficient (Wildman–Crippen LogP) is 3.65. The smallest absolute Gasteiger partial charge is 0.255 e. The number of nitrogens with zero attached hydrogens (tertiary/aromatic N) is 3. The minimum Gasteiger partial charge on any atom is -0.508 e. The van der Waals surface area contributed by atoms with Gasteiger partial charge in [-0.3, -0.25) is 9.89 Å². The van der Waals surface area contributed by atoms with E-state index in [9.17, 15) is 9.90 Å². The molecule has 1 aliphatic heterocycles. The first-order chi connectivity index (χ1) is 16.2. The monoisotopic (exact) mass is 439 g/mol. The molecule has 3 N–H and O–H groups in total. The van der Waals surface area contributed by atoms with E-state index in [0.717, 1.165) is 41.7 Å². The molecule has 2 atom stereocenters. The number of carbonyl (C=O) groups is 1. The molecule has 1 saturated heterocycles. The quantitative estimate of drug-likeness (QED) is 0.451. The molecule has 0 spiro atoms. The van der Waals surface area contributed by atoms with Crippen LogP contribution >= 0.6 is 0 Å². The topological polar surface area (TPSA) is 94.1 Å². The molecule has 2 aromatic carbocycles. The molecule has 1 saturated carbocycles. The van der Waals surface area contributed by atoms with Crippen molar-refractivity contribution in [2.24, 2.45) is 0 Å². The summed E-state index contributed by atoms with van der Waals surface area (Å²) in [5, 5.41) is 21.1. The molecular formula is C26H25N5O2. The van der Waals surface area contributed by atoms with E-state index in [2.05, 4.69) is 39.8 Å². The zero-order chi connectivity index (χ0) is 22.4. The number of amides is 1. The summed E-state index contributed by atoms with van der Waals surface area (Å²) in [7, 11) is 0. The summed E-state index contributed by atoms with van der Waals surface area (Å²) in [6.07, 6.45) is 2.70. The number of phenolic OH excluding ortho intramolecular Hbond substituents is 1. The Morgan fingerprint density at radius 3 is 2.52 bits per heavy atom. The molecule has 1 amide bonds. The third-order valence-corrected chi connectivity index (χ3v) is 6.78. The normalized spacial score (nSPS) is 20.2. The van der Waals surface area contributed by atoms with Crippen molar-refractivity contribution < 1.29 is 9.90 Å². The second-order valence-corrected chi connectivity index (χ2v) is 8.83. The van der Waals surface area contributed by atoms with E-state index >= 15 is 0 Å². The Hall–Kier alpha value is -3.71. The van der Waals surface area contributed by atoms with Crippen LogP contribution in [0.3, 0.4) is 0 Å². The molecule has 7 nitrogen and oxygen atoms in total. The van der Waals surface area contributed by atoms with Gasteiger partial charge in [-0.15, -0.1) is 0 Å². The molecule has 6 rings (SSSR count). The maximum absolute atomic E-state index is 13.9. The van der Waals surface area contributed by atoms with Crippen LogP contribution in [0, 0.1) is 0 Å². The number of aromatic nitrogens is 3. The highest BCUT2D eigenvalue weighted by molar-refractivity contribution is 6.08. The van der Waals surface area contributed by atoms with Gasteiger partial charge in [0.25, 0.3) is 5.91 Å². The van der Waals surface area contributed by atoms with Gasteiger partial charge in [-0.2, -0.15) is 5.10 Å². The number of rotatable bonds is 4. The lowest BCUT2D eigenvalue weighted by Crippen LogP contribution is -2.46. The van der Waals surface area contributed by atoms with Gasteiger partial charge < -0.3 is 15.3 Å². The number of hydrogen-bond acceptors (Lipinski definition) is 5. The minimum atomic E-state index is 0.0408. The molecule has 1 aliphatic carbocycles. The fourth-order valence-corrected chi connectivity index (χ4v) is 5.02. The van der Waals surface area contributed by atoms with Crippen molar-refractivity contribution in [3.8, 4) is 17.0 Å². The molecule has 3 heterocycles. The van der Waals surface area contributed by atoms with Gasteiger partial charge in [-0.05, 0) is 53.6 Å². The van der Waals surface area contributed by atoms with Gasteiger partial charge >= 0.3 is 0 Å². The Morgan fingerprint density at radius 2 is 1.76 bits per heavy atom. The van der Waals surface area contributed by atoms with Crippen LogP contribution in [0.2, 0.25) is 0 Å². The molecule has 2 aliphatic rings. The highest BCUT2D eigenvalue weighted by Crippen LogP contribution is 2.57. The van der Waals surface area contributed by atoms with Crippen LogP contribution in [-0.2, 0) is 0 Å². The first kappa shape index (κ1) is 19.9. The molecule has 2 aromatic heterocycles. The van der Waals surface area contributed by atoms with Gasteiger partial charge in [0, 0.05) is 31.7 Å². The van der Waals surface area contributed by atoms with Crippen molar-refractivity contribution in [3.63, 3.8) is 0 Å².